The monoisotopic (exact) mass is 519 g/mol. The molecule has 0 radical (unpaired) electrons. The number of carbonyl (C=O) groups excluding carboxylic acids is 1. The number of sulfonamides is 1. The van der Waals surface area contributed by atoms with Crippen molar-refractivity contribution in [1.82, 2.24) is 13.9 Å². The van der Waals surface area contributed by atoms with E-state index in [9.17, 15) is 27.8 Å². The summed E-state index contributed by atoms with van der Waals surface area (Å²) in [6.45, 7) is 4.85. The van der Waals surface area contributed by atoms with Crippen LogP contribution in [0.4, 0.5) is 10.1 Å². The molecule has 3 unspecified atom stereocenters. The van der Waals surface area contributed by atoms with E-state index in [1.165, 1.54) is 17.3 Å². The Kier molecular flexibility index (Phi) is 6.96. The van der Waals surface area contributed by atoms with Crippen LogP contribution in [0.1, 0.15) is 67.0 Å². The maximum absolute atomic E-state index is 14.1. The first-order chi connectivity index (χ1) is 16.9. The van der Waals surface area contributed by atoms with Gasteiger partial charge in [0.1, 0.15) is 22.4 Å². The lowest BCUT2D eigenvalue weighted by Crippen LogP contribution is -2.45. The second-order valence-electron chi connectivity index (χ2n) is 9.91. The normalized spacial score (nSPS) is 21.7. The van der Waals surface area contributed by atoms with E-state index in [2.05, 4.69) is 10.3 Å². The number of pyridine rings is 1. The lowest BCUT2D eigenvalue weighted by Gasteiger charge is -2.32. The van der Waals surface area contributed by atoms with Crippen molar-refractivity contribution in [2.45, 2.75) is 82.0 Å². The molecule has 0 aliphatic carbocycles. The highest BCUT2D eigenvalue weighted by Gasteiger charge is 2.45. The number of rotatable bonds is 7. The van der Waals surface area contributed by atoms with Gasteiger partial charge in [-0.1, -0.05) is 0 Å². The number of fused-ring (bicyclic) bond motifs is 1. The fourth-order valence-electron chi connectivity index (χ4n) is 5.49. The Hall–Kier alpha value is -2.85. The summed E-state index contributed by atoms with van der Waals surface area (Å²) in [6.07, 6.45) is 2.40. The molecule has 2 aliphatic heterocycles. The van der Waals surface area contributed by atoms with Gasteiger partial charge in [0.15, 0.2) is 0 Å². The number of hydrogen-bond acceptors (Lipinski definition) is 7. The molecule has 1 amide bonds. The third-order valence-electron chi connectivity index (χ3n) is 6.99. The molecule has 4 heterocycles. The third kappa shape index (κ3) is 4.64. The molecule has 0 spiro atoms. The molecule has 10 nitrogen and oxygen atoms in total. The van der Waals surface area contributed by atoms with Gasteiger partial charge < -0.3 is 20.1 Å². The van der Waals surface area contributed by atoms with Crippen LogP contribution in [0.3, 0.4) is 0 Å². The van der Waals surface area contributed by atoms with Crippen molar-refractivity contribution in [1.29, 1.82) is 5.26 Å². The molecule has 1 saturated heterocycles. The summed E-state index contributed by atoms with van der Waals surface area (Å²) >= 11 is 0. The van der Waals surface area contributed by atoms with Crippen molar-refractivity contribution in [2.75, 3.05) is 11.9 Å². The molecule has 12 heteroatoms. The SMILES string of the molecule is Cc1c(S(=O)(=O)N2C(C)CCC2CC(C)(O)CO)c2n(c1C(=O)Nc1cc(F)nc(C#N)c1)CCC2. The zero-order valence-corrected chi connectivity index (χ0v) is 21.3. The number of aliphatic hydroxyl groups excluding tert-OH is 1. The minimum Gasteiger partial charge on any atom is -0.393 e. The Morgan fingerprint density at radius 1 is 1.39 bits per heavy atom. The molecule has 4 rings (SSSR count). The average Bonchev–Trinajstić information content (AvgIpc) is 3.46. The van der Waals surface area contributed by atoms with Crippen molar-refractivity contribution >= 4 is 21.6 Å². The van der Waals surface area contributed by atoms with Gasteiger partial charge in [-0.25, -0.2) is 13.4 Å². The number of aromatic nitrogens is 2. The van der Waals surface area contributed by atoms with Crippen molar-refractivity contribution < 1.29 is 27.8 Å². The van der Waals surface area contributed by atoms with Gasteiger partial charge in [0.2, 0.25) is 16.0 Å². The fourth-order valence-corrected chi connectivity index (χ4v) is 7.84. The molecular weight excluding hydrogens is 489 g/mol. The second kappa shape index (κ2) is 9.55. The van der Waals surface area contributed by atoms with Gasteiger partial charge in [-0.3, -0.25) is 4.79 Å². The second-order valence-corrected chi connectivity index (χ2v) is 11.7. The topological polar surface area (TPSA) is 149 Å². The number of anilines is 1. The molecule has 36 heavy (non-hydrogen) atoms. The number of hydrogen-bond donors (Lipinski definition) is 3. The maximum Gasteiger partial charge on any atom is 0.272 e. The number of nitriles is 1. The molecule has 2 aromatic rings. The van der Waals surface area contributed by atoms with E-state index in [1.807, 2.05) is 6.92 Å². The zero-order valence-electron chi connectivity index (χ0n) is 20.5. The number of carbonyl (C=O) groups is 1. The number of amides is 1. The van der Waals surface area contributed by atoms with E-state index in [0.717, 1.165) is 6.07 Å². The highest BCUT2D eigenvalue weighted by atomic mass is 32.2. The van der Waals surface area contributed by atoms with Crippen LogP contribution in [0.5, 0.6) is 0 Å². The zero-order chi connectivity index (χ0) is 26.4. The van der Waals surface area contributed by atoms with Crippen LogP contribution in [0.2, 0.25) is 0 Å². The van der Waals surface area contributed by atoms with E-state index < -0.39 is 40.1 Å². The lowest BCUT2D eigenvalue weighted by atomic mass is 9.97. The fraction of sp³-hybridized carbons (Fsp3) is 0.542. The molecule has 0 aromatic carbocycles. The van der Waals surface area contributed by atoms with E-state index in [1.54, 1.807) is 17.6 Å². The summed E-state index contributed by atoms with van der Waals surface area (Å²) in [6, 6.07) is 3.15. The Morgan fingerprint density at radius 2 is 2.11 bits per heavy atom. The highest BCUT2D eigenvalue weighted by Crippen LogP contribution is 2.40. The summed E-state index contributed by atoms with van der Waals surface area (Å²) in [4.78, 5) is 16.8. The average molecular weight is 520 g/mol. The van der Waals surface area contributed by atoms with Crippen LogP contribution in [0.25, 0.3) is 0 Å². The number of halogens is 1. The minimum atomic E-state index is -4.05. The summed E-state index contributed by atoms with van der Waals surface area (Å²) in [5, 5.41) is 31.6. The molecule has 0 bridgehead atoms. The summed E-state index contributed by atoms with van der Waals surface area (Å²) < 4.78 is 45.0. The maximum atomic E-state index is 14.1. The Bertz CT molecular complexity index is 1350. The predicted molar refractivity (Wildman–Crippen MR) is 128 cm³/mol. The number of nitrogens with one attached hydrogen (secondary N) is 1. The summed E-state index contributed by atoms with van der Waals surface area (Å²) in [7, 11) is -4.05. The first kappa shape index (κ1) is 26.2. The molecular formula is C24H30FN5O5S. The van der Waals surface area contributed by atoms with Crippen molar-refractivity contribution in [2.24, 2.45) is 0 Å². The molecule has 0 saturated carbocycles. The van der Waals surface area contributed by atoms with Crippen molar-refractivity contribution in [3.63, 3.8) is 0 Å². The molecule has 1 fully saturated rings. The van der Waals surface area contributed by atoms with Crippen LogP contribution in [-0.4, -0.2) is 62.7 Å². The third-order valence-corrected chi connectivity index (χ3v) is 9.26. The van der Waals surface area contributed by atoms with Crippen LogP contribution >= 0.6 is 0 Å². The number of nitrogens with zero attached hydrogens (tertiary/aromatic N) is 4. The van der Waals surface area contributed by atoms with Gasteiger partial charge in [0.25, 0.3) is 5.91 Å². The molecule has 3 atom stereocenters. The number of aliphatic hydroxyl groups is 2. The van der Waals surface area contributed by atoms with E-state index in [4.69, 9.17) is 5.26 Å². The quantitative estimate of drug-likeness (QED) is 0.474. The largest absolute Gasteiger partial charge is 0.393 e. The standard InChI is InChI=1S/C24H30FN5O5S/c1-14-6-7-18(11-24(3,33)13-31)30(14)36(34,35)22-15(2)21(29-8-4-5-19(22)29)23(32)28-16-9-17(12-26)27-20(25)10-16/h9-10,14,18,31,33H,4-8,11,13H2,1-3H3,(H,27,28,32). The molecule has 3 N–H and O–H groups in total. The molecule has 194 valence electrons. The van der Waals surface area contributed by atoms with Crippen LogP contribution in [0.15, 0.2) is 17.0 Å². The Labute approximate surface area is 209 Å². The predicted octanol–water partition coefficient (Wildman–Crippen LogP) is 2.08. The van der Waals surface area contributed by atoms with Gasteiger partial charge >= 0.3 is 0 Å². The smallest absolute Gasteiger partial charge is 0.272 e. The van der Waals surface area contributed by atoms with Gasteiger partial charge in [0, 0.05) is 41.6 Å². The lowest BCUT2D eigenvalue weighted by molar-refractivity contribution is -0.0169. The highest BCUT2D eigenvalue weighted by molar-refractivity contribution is 7.89. The van der Waals surface area contributed by atoms with Gasteiger partial charge in [-0.2, -0.15) is 14.0 Å². The van der Waals surface area contributed by atoms with E-state index in [-0.39, 0.29) is 34.4 Å². The van der Waals surface area contributed by atoms with E-state index in [0.29, 0.717) is 43.5 Å². The van der Waals surface area contributed by atoms with Crippen LogP contribution in [0, 0.1) is 24.2 Å². The Balaban J connectivity index is 1.74. The van der Waals surface area contributed by atoms with Crippen molar-refractivity contribution in [3.8, 4) is 6.07 Å². The van der Waals surface area contributed by atoms with Gasteiger partial charge in [-0.15, -0.1) is 0 Å². The van der Waals surface area contributed by atoms with Crippen LogP contribution < -0.4 is 5.32 Å². The van der Waals surface area contributed by atoms with Crippen LogP contribution in [-0.2, 0) is 23.0 Å². The van der Waals surface area contributed by atoms with Gasteiger partial charge in [-0.05, 0) is 58.9 Å². The summed E-state index contributed by atoms with van der Waals surface area (Å²) in [5.41, 5.74) is -0.568. The van der Waals surface area contributed by atoms with Crippen molar-refractivity contribution in [3.05, 3.63) is 40.7 Å². The van der Waals surface area contributed by atoms with Gasteiger partial charge in [0.05, 0.1) is 12.2 Å². The molecule has 2 aromatic heterocycles. The summed E-state index contributed by atoms with van der Waals surface area (Å²) in [5.74, 6) is -1.53. The first-order valence-corrected chi connectivity index (χ1v) is 13.3. The first-order valence-electron chi connectivity index (χ1n) is 11.9. The Morgan fingerprint density at radius 3 is 2.78 bits per heavy atom. The molecule has 2 aliphatic rings. The minimum absolute atomic E-state index is 0.0425. The van der Waals surface area contributed by atoms with E-state index >= 15 is 0 Å².